The van der Waals surface area contributed by atoms with Crippen LogP contribution < -0.4 is 5.32 Å². The Labute approximate surface area is 112 Å². The van der Waals surface area contributed by atoms with Crippen molar-refractivity contribution in [3.63, 3.8) is 0 Å². The van der Waals surface area contributed by atoms with E-state index in [-0.39, 0.29) is 11.6 Å². The summed E-state index contributed by atoms with van der Waals surface area (Å²) in [5.41, 5.74) is 1.08. The molecule has 1 saturated heterocycles. The molecule has 0 amide bonds. The second-order valence-corrected chi connectivity index (χ2v) is 5.60. The Kier molecular flexibility index (Phi) is 3.99. The molecule has 1 aromatic rings. The van der Waals surface area contributed by atoms with Crippen molar-refractivity contribution in [2.75, 3.05) is 13.2 Å². The molecule has 0 saturated carbocycles. The molecule has 0 bridgehead atoms. The van der Waals surface area contributed by atoms with Crippen LogP contribution in [0, 0.1) is 0 Å². The molecular formula is C13H17Cl2NO. The maximum absolute atomic E-state index is 6.18. The van der Waals surface area contributed by atoms with Gasteiger partial charge in [-0.15, -0.1) is 0 Å². The van der Waals surface area contributed by atoms with Crippen LogP contribution in [0.25, 0.3) is 0 Å². The molecule has 1 N–H and O–H groups in total. The molecule has 1 aromatic carbocycles. The van der Waals surface area contributed by atoms with Gasteiger partial charge >= 0.3 is 0 Å². The molecule has 2 unspecified atom stereocenters. The minimum Gasteiger partial charge on any atom is -0.370 e. The lowest BCUT2D eigenvalue weighted by atomic mass is 9.96. The van der Waals surface area contributed by atoms with Gasteiger partial charge in [0.2, 0.25) is 0 Å². The van der Waals surface area contributed by atoms with Crippen molar-refractivity contribution in [1.82, 2.24) is 5.32 Å². The van der Waals surface area contributed by atoms with Gasteiger partial charge in [0.05, 0.1) is 12.7 Å². The van der Waals surface area contributed by atoms with E-state index in [9.17, 15) is 0 Å². The maximum Gasteiger partial charge on any atom is 0.0964 e. The van der Waals surface area contributed by atoms with Crippen molar-refractivity contribution in [2.45, 2.75) is 31.9 Å². The van der Waals surface area contributed by atoms with E-state index in [0.717, 1.165) is 18.5 Å². The lowest BCUT2D eigenvalue weighted by Gasteiger charge is -2.38. The molecule has 0 aliphatic carbocycles. The topological polar surface area (TPSA) is 21.3 Å². The molecule has 2 nitrogen and oxygen atoms in total. The van der Waals surface area contributed by atoms with Gasteiger partial charge in [-0.3, -0.25) is 0 Å². The Morgan fingerprint density at radius 2 is 2.24 bits per heavy atom. The quantitative estimate of drug-likeness (QED) is 0.885. The summed E-state index contributed by atoms with van der Waals surface area (Å²) in [5, 5.41) is 4.84. The minimum atomic E-state index is 0.0133. The number of hydrogen-bond donors (Lipinski definition) is 1. The summed E-state index contributed by atoms with van der Waals surface area (Å²) in [5.74, 6) is 0. The van der Waals surface area contributed by atoms with E-state index >= 15 is 0 Å². The lowest BCUT2D eigenvalue weighted by Crippen LogP contribution is -2.52. The van der Waals surface area contributed by atoms with Crippen LogP contribution in [0.5, 0.6) is 0 Å². The molecular weight excluding hydrogens is 257 g/mol. The fraction of sp³-hybridized carbons (Fsp3) is 0.538. The summed E-state index contributed by atoms with van der Waals surface area (Å²) >= 11 is 12.1. The fourth-order valence-electron chi connectivity index (χ4n) is 1.92. The normalized spacial score (nSPS) is 29.3. The second-order valence-electron chi connectivity index (χ2n) is 4.76. The first kappa shape index (κ1) is 13.2. The van der Waals surface area contributed by atoms with Gasteiger partial charge in [-0.25, -0.2) is 0 Å². The van der Waals surface area contributed by atoms with Crippen molar-refractivity contribution in [1.29, 1.82) is 0 Å². The molecule has 4 heteroatoms. The SMILES string of the molecule is CCC1(C)COC(c2ccc(Cl)cc2Cl)CN1. The van der Waals surface area contributed by atoms with E-state index < -0.39 is 0 Å². The maximum atomic E-state index is 6.18. The largest absolute Gasteiger partial charge is 0.370 e. The van der Waals surface area contributed by atoms with E-state index in [0.29, 0.717) is 16.7 Å². The molecule has 94 valence electrons. The van der Waals surface area contributed by atoms with Crippen molar-refractivity contribution in [2.24, 2.45) is 0 Å². The zero-order valence-corrected chi connectivity index (χ0v) is 11.6. The van der Waals surface area contributed by atoms with Gasteiger partial charge in [-0.05, 0) is 25.5 Å². The van der Waals surface area contributed by atoms with Crippen LogP contribution in [0.15, 0.2) is 18.2 Å². The summed E-state index contributed by atoms with van der Waals surface area (Å²) < 4.78 is 5.90. The molecule has 0 aromatic heterocycles. The zero-order chi connectivity index (χ0) is 12.5. The highest BCUT2D eigenvalue weighted by atomic mass is 35.5. The molecule has 2 atom stereocenters. The third-order valence-corrected chi connectivity index (χ3v) is 3.97. The van der Waals surface area contributed by atoms with Crippen LogP contribution in [0.4, 0.5) is 0 Å². The number of ether oxygens (including phenoxy) is 1. The number of hydrogen-bond acceptors (Lipinski definition) is 2. The second kappa shape index (κ2) is 5.15. The highest BCUT2D eigenvalue weighted by Crippen LogP contribution is 2.31. The molecule has 1 heterocycles. The van der Waals surface area contributed by atoms with E-state index in [2.05, 4.69) is 19.2 Å². The van der Waals surface area contributed by atoms with Crippen LogP contribution >= 0.6 is 23.2 Å². The summed E-state index contributed by atoms with van der Waals surface area (Å²) in [6.45, 7) is 5.82. The molecule has 0 spiro atoms. The number of rotatable bonds is 2. The van der Waals surface area contributed by atoms with Crippen molar-refractivity contribution < 1.29 is 4.74 Å². The summed E-state index contributed by atoms with van der Waals surface area (Å²) in [4.78, 5) is 0. The Morgan fingerprint density at radius 3 is 2.76 bits per heavy atom. The van der Waals surface area contributed by atoms with Crippen LogP contribution in [-0.4, -0.2) is 18.7 Å². The van der Waals surface area contributed by atoms with Gasteiger partial charge in [-0.1, -0.05) is 36.2 Å². The average Bonchev–Trinajstić information content (AvgIpc) is 2.31. The van der Waals surface area contributed by atoms with Gasteiger partial charge in [0.15, 0.2) is 0 Å². The molecule has 2 rings (SSSR count). The van der Waals surface area contributed by atoms with E-state index in [1.54, 1.807) is 6.07 Å². The number of halogens is 2. The van der Waals surface area contributed by atoms with Gasteiger partial charge < -0.3 is 10.1 Å². The van der Waals surface area contributed by atoms with Gasteiger partial charge in [0.25, 0.3) is 0 Å². The van der Waals surface area contributed by atoms with E-state index in [1.807, 2.05) is 12.1 Å². The summed E-state index contributed by atoms with van der Waals surface area (Å²) in [6, 6.07) is 5.54. The van der Waals surface area contributed by atoms with Crippen LogP contribution in [0.3, 0.4) is 0 Å². The Hall–Kier alpha value is -0.280. The average molecular weight is 274 g/mol. The first-order valence-corrected chi connectivity index (χ1v) is 6.61. The van der Waals surface area contributed by atoms with Crippen LogP contribution in [0.1, 0.15) is 31.9 Å². The number of nitrogens with one attached hydrogen (secondary N) is 1. The van der Waals surface area contributed by atoms with Gasteiger partial charge in [0.1, 0.15) is 0 Å². The zero-order valence-electron chi connectivity index (χ0n) is 10.1. The minimum absolute atomic E-state index is 0.0133. The summed E-state index contributed by atoms with van der Waals surface area (Å²) in [7, 11) is 0. The lowest BCUT2D eigenvalue weighted by molar-refractivity contribution is -0.0298. The first-order chi connectivity index (χ1) is 8.04. The smallest absolute Gasteiger partial charge is 0.0964 e. The highest BCUT2D eigenvalue weighted by molar-refractivity contribution is 6.35. The van der Waals surface area contributed by atoms with Gasteiger partial charge in [0, 0.05) is 27.7 Å². The molecule has 1 fully saturated rings. The van der Waals surface area contributed by atoms with E-state index in [4.69, 9.17) is 27.9 Å². The third kappa shape index (κ3) is 2.94. The van der Waals surface area contributed by atoms with Crippen molar-refractivity contribution >= 4 is 23.2 Å². The van der Waals surface area contributed by atoms with Gasteiger partial charge in [-0.2, -0.15) is 0 Å². The Balaban J connectivity index is 2.10. The Morgan fingerprint density at radius 1 is 1.47 bits per heavy atom. The van der Waals surface area contributed by atoms with Crippen molar-refractivity contribution in [3.8, 4) is 0 Å². The molecule has 1 aliphatic heterocycles. The van der Waals surface area contributed by atoms with Crippen LogP contribution in [-0.2, 0) is 4.74 Å². The number of benzene rings is 1. The predicted molar refractivity (Wildman–Crippen MR) is 71.9 cm³/mol. The summed E-state index contributed by atoms with van der Waals surface area (Å²) in [6.07, 6.45) is 1.06. The third-order valence-electron chi connectivity index (χ3n) is 3.41. The molecule has 0 radical (unpaired) electrons. The molecule has 17 heavy (non-hydrogen) atoms. The Bertz CT molecular complexity index is 400. The number of morpholine rings is 1. The van der Waals surface area contributed by atoms with Crippen LogP contribution in [0.2, 0.25) is 10.0 Å². The highest BCUT2D eigenvalue weighted by Gasteiger charge is 2.30. The predicted octanol–water partition coefficient (Wildman–Crippen LogP) is 3.82. The van der Waals surface area contributed by atoms with Crippen molar-refractivity contribution in [3.05, 3.63) is 33.8 Å². The monoisotopic (exact) mass is 273 g/mol. The van der Waals surface area contributed by atoms with E-state index in [1.165, 1.54) is 0 Å². The first-order valence-electron chi connectivity index (χ1n) is 5.86. The standard InChI is InChI=1S/C13H17Cl2NO/c1-3-13(2)8-17-12(7-16-13)10-5-4-9(14)6-11(10)15/h4-6,12,16H,3,7-8H2,1-2H3. The molecule has 1 aliphatic rings. The fourth-order valence-corrected chi connectivity index (χ4v) is 2.45.